The number of hydrogen-bond donors (Lipinski definition) is 1. The summed E-state index contributed by atoms with van der Waals surface area (Å²) < 4.78 is 13.6. The summed E-state index contributed by atoms with van der Waals surface area (Å²) in [6.45, 7) is 6.44. The van der Waals surface area contributed by atoms with E-state index < -0.39 is 0 Å². The zero-order chi connectivity index (χ0) is 26.6. The van der Waals surface area contributed by atoms with Crippen molar-refractivity contribution in [3.05, 3.63) is 67.1 Å². The molecule has 0 bridgehead atoms. The molecule has 39 heavy (non-hydrogen) atoms. The molecule has 0 amide bonds. The second-order valence-corrected chi connectivity index (χ2v) is 10.7. The molecule has 0 radical (unpaired) electrons. The summed E-state index contributed by atoms with van der Waals surface area (Å²) in [6.07, 6.45) is 8.54. The van der Waals surface area contributed by atoms with Crippen LogP contribution in [0.2, 0.25) is 0 Å². The third-order valence-corrected chi connectivity index (χ3v) is 8.38. The fourth-order valence-electron chi connectivity index (χ4n) is 6.21. The van der Waals surface area contributed by atoms with Crippen molar-refractivity contribution in [3.8, 4) is 22.6 Å². The minimum absolute atomic E-state index is 0.412. The van der Waals surface area contributed by atoms with Crippen molar-refractivity contribution in [2.24, 2.45) is 0 Å². The van der Waals surface area contributed by atoms with E-state index in [1.165, 1.54) is 12.8 Å². The molecule has 1 aliphatic carbocycles. The number of benzene rings is 2. The molecule has 2 N–H and O–H groups in total. The van der Waals surface area contributed by atoms with Crippen LogP contribution >= 0.6 is 0 Å². The normalized spacial score (nSPS) is 20.8. The van der Waals surface area contributed by atoms with Crippen LogP contribution in [-0.2, 0) is 4.74 Å². The topological polar surface area (TPSA) is 81.7 Å². The van der Waals surface area contributed by atoms with Gasteiger partial charge in [-0.2, -0.15) is 0 Å². The van der Waals surface area contributed by atoms with E-state index in [0.717, 1.165) is 85.8 Å². The lowest BCUT2D eigenvalue weighted by Crippen LogP contribution is -2.51. The van der Waals surface area contributed by atoms with Gasteiger partial charge in [0.05, 0.1) is 12.0 Å². The van der Waals surface area contributed by atoms with Gasteiger partial charge in [-0.05, 0) is 55.5 Å². The molecule has 2 fully saturated rings. The molecule has 6 rings (SSSR count). The standard InChI is InChI=1S/C31H38N6O2/c1-38-20-19-35-15-17-36(18-16-35)24-9-11-25(12-10-24)37-21-28(29-30(32)33-22-34-31(29)37)23-7-13-27(14-8-23)39-26-5-3-2-4-6-26/h2-8,13-14,21-22,24-25H,9-12,15-20H2,1H3,(H2,32,33,34)/t24-,25-. The first-order valence-electron chi connectivity index (χ1n) is 14.1. The molecule has 2 aromatic carbocycles. The van der Waals surface area contributed by atoms with Crippen LogP contribution < -0.4 is 10.5 Å². The first-order chi connectivity index (χ1) is 19.2. The Hall–Kier alpha value is -3.46. The van der Waals surface area contributed by atoms with Crippen molar-refractivity contribution in [1.82, 2.24) is 24.3 Å². The Morgan fingerprint density at radius 3 is 2.26 bits per heavy atom. The summed E-state index contributed by atoms with van der Waals surface area (Å²) in [5.74, 6) is 2.15. The van der Waals surface area contributed by atoms with E-state index in [2.05, 4.69) is 37.7 Å². The van der Waals surface area contributed by atoms with E-state index in [-0.39, 0.29) is 0 Å². The minimum atomic E-state index is 0.412. The monoisotopic (exact) mass is 526 g/mol. The van der Waals surface area contributed by atoms with Crippen LogP contribution in [-0.4, -0.2) is 76.8 Å². The quantitative estimate of drug-likeness (QED) is 0.337. The van der Waals surface area contributed by atoms with Crippen molar-refractivity contribution in [2.45, 2.75) is 37.8 Å². The lowest BCUT2D eigenvalue weighted by atomic mass is 9.89. The maximum absolute atomic E-state index is 6.42. The third kappa shape index (κ3) is 5.64. The van der Waals surface area contributed by atoms with E-state index in [9.17, 15) is 0 Å². The van der Waals surface area contributed by atoms with Gasteiger partial charge in [0.15, 0.2) is 0 Å². The van der Waals surface area contributed by atoms with Crippen molar-refractivity contribution < 1.29 is 9.47 Å². The first-order valence-corrected chi connectivity index (χ1v) is 14.1. The zero-order valence-electron chi connectivity index (χ0n) is 22.7. The van der Waals surface area contributed by atoms with Crippen LogP contribution in [0, 0.1) is 0 Å². The number of ether oxygens (including phenoxy) is 2. The molecule has 1 saturated heterocycles. The fraction of sp³-hybridized carbons (Fsp3) is 0.419. The fourth-order valence-corrected chi connectivity index (χ4v) is 6.21. The van der Waals surface area contributed by atoms with Crippen molar-refractivity contribution in [3.63, 3.8) is 0 Å². The van der Waals surface area contributed by atoms with E-state index in [1.807, 2.05) is 42.5 Å². The molecular formula is C31H38N6O2. The molecule has 2 aliphatic rings. The Bertz CT molecular complexity index is 1360. The molecule has 3 heterocycles. The van der Waals surface area contributed by atoms with Gasteiger partial charge in [-0.1, -0.05) is 30.3 Å². The molecule has 0 atom stereocenters. The first kappa shape index (κ1) is 25.8. The number of methoxy groups -OCH3 is 1. The van der Waals surface area contributed by atoms with E-state index in [1.54, 1.807) is 13.4 Å². The SMILES string of the molecule is COCCN1CCN([C@H]2CC[C@H](n3cc(-c4ccc(Oc5ccccc5)cc4)c4c(N)ncnc43)CC2)CC1. The van der Waals surface area contributed by atoms with Gasteiger partial charge >= 0.3 is 0 Å². The second kappa shape index (κ2) is 11.7. The largest absolute Gasteiger partial charge is 0.457 e. The predicted molar refractivity (Wildman–Crippen MR) is 155 cm³/mol. The molecule has 0 unspecified atom stereocenters. The molecule has 2 aromatic heterocycles. The van der Waals surface area contributed by atoms with Crippen molar-refractivity contribution in [2.75, 3.05) is 52.2 Å². The Labute approximate surface area is 230 Å². The summed E-state index contributed by atoms with van der Waals surface area (Å²) in [7, 11) is 1.78. The van der Waals surface area contributed by atoms with Gasteiger partial charge in [-0.15, -0.1) is 0 Å². The predicted octanol–water partition coefficient (Wildman–Crippen LogP) is 5.22. The second-order valence-electron chi connectivity index (χ2n) is 10.7. The zero-order valence-corrected chi connectivity index (χ0v) is 22.7. The van der Waals surface area contributed by atoms with Gasteiger partial charge in [-0.3, -0.25) is 9.80 Å². The summed E-state index contributed by atoms with van der Waals surface area (Å²) in [5, 5.41) is 0.934. The number of aromatic nitrogens is 3. The maximum Gasteiger partial charge on any atom is 0.146 e. The average molecular weight is 527 g/mol. The highest BCUT2D eigenvalue weighted by Crippen LogP contribution is 2.39. The van der Waals surface area contributed by atoms with Crippen LogP contribution in [0.5, 0.6) is 11.5 Å². The number of piperazine rings is 1. The smallest absolute Gasteiger partial charge is 0.146 e. The van der Waals surface area contributed by atoms with Gasteiger partial charge in [0.25, 0.3) is 0 Å². The number of hydrogen-bond acceptors (Lipinski definition) is 7. The van der Waals surface area contributed by atoms with Gasteiger partial charge in [-0.25, -0.2) is 9.97 Å². The number of para-hydroxylation sites is 1. The molecule has 0 spiro atoms. The minimum Gasteiger partial charge on any atom is -0.457 e. The van der Waals surface area contributed by atoms with Crippen LogP contribution in [0.3, 0.4) is 0 Å². The van der Waals surface area contributed by atoms with E-state index >= 15 is 0 Å². The highest BCUT2D eigenvalue weighted by Gasteiger charge is 2.30. The maximum atomic E-state index is 6.42. The van der Waals surface area contributed by atoms with Crippen LogP contribution in [0.1, 0.15) is 31.7 Å². The summed E-state index contributed by atoms with van der Waals surface area (Å²) in [6, 6.07) is 19.1. The lowest BCUT2D eigenvalue weighted by molar-refractivity contribution is 0.0579. The summed E-state index contributed by atoms with van der Waals surface area (Å²) >= 11 is 0. The highest BCUT2D eigenvalue weighted by atomic mass is 16.5. The number of nitrogen functional groups attached to an aromatic ring is 1. The third-order valence-electron chi connectivity index (χ3n) is 8.38. The molecular weight excluding hydrogens is 488 g/mol. The Morgan fingerprint density at radius 1 is 0.846 bits per heavy atom. The lowest BCUT2D eigenvalue weighted by Gasteiger charge is -2.42. The Morgan fingerprint density at radius 2 is 1.54 bits per heavy atom. The van der Waals surface area contributed by atoms with Crippen LogP contribution in [0.4, 0.5) is 5.82 Å². The van der Waals surface area contributed by atoms with Crippen LogP contribution in [0.25, 0.3) is 22.2 Å². The average Bonchev–Trinajstić information content (AvgIpc) is 3.38. The molecule has 8 nitrogen and oxygen atoms in total. The molecule has 1 saturated carbocycles. The number of anilines is 1. The van der Waals surface area contributed by atoms with Crippen molar-refractivity contribution >= 4 is 16.9 Å². The van der Waals surface area contributed by atoms with Crippen molar-refractivity contribution in [1.29, 1.82) is 0 Å². The summed E-state index contributed by atoms with van der Waals surface area (Å²) in [5.41, 5.74) is 9.51. The molecule has 1 aliphatic heterocycles. The Kier molecular flexibility index (Phi) is 7.76. The summed E-state index contributed by atoms with van der Waals surface area (Å²) in [4.78, 5) is 14.3. The van der Waals surface area contributed by atoms with Gasteiger partial charge in [0.2, 0.25) is 0 Å². The van der Waals surface area contributed by atoms with E-state index in [4.69, 9.17) is 20.2 Å². The molecule has 4 aromatic rings. The molecule has 204 valence electrons. The number of rotatable bonds is 8. The van der Waals surface area contributed by atoms with E-state index in [0.29, 0.717) is 17.9 Å². The Balaban J connectivity index is 1.16. The molecule has 8 heteroatoms. The van der Waals surface area contributed by atoms with Crippen LogP contribution in [0.15, 0.2) is 67.1 Å². The van der Waals surface area contributed by atoms with Gasteiger partial charge in [0, 0.05) is 63.7 Å². The van der Waals surface area contributed by atoms with Gasteiger partial charge < -0.3 is 19.8 Å². The number of fused-ring (bicyclic) bond motifs is 1. The van der Waals surface area contributed by atoms with Gasteiger partial charge in [0.1, 0.15) is 29.3 Å². The number of nitrogens with zero attached hydrogens (tertiary/aromatic N) is 5. The number of nitrogens with two attached hydrogens (primary N) is 1. The highest BCUT2D eigenvalue weighted by molar-refractivity contribution is 6.00.